The van der Waals surface area contributed by atoms with E-state index >= 15 is 0 Å². The number of ketones is 1. The third kappa shape index (κ3) is 2.19. The van der Waals surface area contributed by atoms with E-state index in [0.29, 0.717) is 12.1 Å². The van der Waals surface area contributed by atoms with Crippen molar-refractivity contribution in [2.24, 2.45) is 0 Å². The molecule has 2 aromatic rings. The molecule has 0 saturated heterocycles. The van der Waals surface area contributed by atoms with E-state index in [9.17, 15) is 4.79 Å². The maximum atomic E-state index is 11.9. The highest BCUT2D eigenvalue weighted by molar-refractivity contribution is 5.96. The summed E-state index contributed by atoms with van der Waals surface area (Å²) in [6, 6.07) is 3.76. The molecule has 0 aliphatic heterocycles. The highest BCUT2D eigenvalue weighted by Crippen LogP contribution is 2.11. The molecule has 0 aliphatic carbocycles. The quantitative estimate of drug-likeness (QED) is 0.739. The van der Waals surface area contributed by atoms with Crippen LogP contribution in [0.3, 0.4) is 0 Å². The Labute approximate surface area is 94.1 Å². The van der Waals surface area contributed by atoms with Crippen molar-refractivity contribution in [3.63, 3.8) is 0 Å². The summed E-state index contributed by atoms with van der Waals surface area (Å²) in [6.07, 6.45) is 5.21. The van der Waals surface area contributed by atoms with Crippen molar-refractivity contribution in [3.8, 4) is 0 Å². The van der Waals surface area contributed by atoms with Crippen molar-refractivity contribution >= 4 is 5.78 Å². The highest BCUT2D eigenvalue weighted by atomic mass is 16.3. The molecule has 2 rings (SSSR count). The number of hydrogen-bond acceptors (Lipinski definition) is 3. The molecule has 0 bridgehead atoms. The van der Waals surface area contributed by atoms with Gasteiger partial charge in [-0.25, -0.2) is 0 Å². The van der Waals surface area contributed by atoms with Crippen molar-refractivity contribution < 1.29 is 9.21 Å². The van der Waals surface area contributed by atoms with Gasteiger partial charge in [0.1, 0.15) is 5.69 Å². The molecule has 3 nitrogen and oxygen atoms in total. The molecular formula is C13H13NO2. The third-order valence-electron chi connectivity index (χ3n) is 2.42. The van der Waals surface area contributed by atoms with Crippen LogP contribution >= 0.6 is 0 Å². The zero-order chi connectivity index (χ0) is 11.5. The summed E-state index contributed by atoms with van der Waals surface area (Å²) in [7, 11) is 0. The first kappa shape index (κ1) is 10.6. The van der Waals surface area contributed by atoms with Gasteiger partial charge in [0.05, 0.1) is 12.5 Å². The fourth-order valence-electron chi connectivity index (χ4n) is 1.67. The van der Waals surface area contributed by atoms with E-state index in [4.69, 9.17) is 4.42 Å². The molecule has 2 heterocycles. The van der Waals surface area contributed by atoms with Crippen LogP contribution in [0.1, 0.15) is 27.2 Å². The number of carbonyl (C=O) groups is 1. The number of aryl methyl sites for hydroxylation is 2. The predicted molar refractivity (Wildman–Crippen MR) is 60.5 cm³/mol. The molecule has 0 unspecified atom stereocenters. The van der Waals surface area contributed by atoms with Gasteiger partial charge in [0.2, 0.25) is 0 Å². The second-order valence-corrected chi connectivity index (χ2v) is 3.91. The van der Waals surface area contributed by atoms with E-state index in [1.165, 1.54) is 0 Å². The van der Waals surface area contributed by atoms with Crippen LogP contribution in [0.4, 0.5) is 0 Å². The number of rotatable bonds is 3. The van der Waals surface area contributed by atoms with Crippen molar-refractivity contribution in [1.82, 2.24) is 4.98 Å². The summed E-state index contributed by atoms with van der Waals surface area (Å²) >= 11 is 0. The van der Waals surface area contributed by atoms with Gasteiger partial charge in [0.25, 0.3) is 0 Å². The lowest BCUT2D eigenvalue weighted by molar-refractivity contribution is 0.0987. The first-order chi connectivity index (χ1) is 7.66. The van der Waals surface area contributed by atoms with Gasteiger partial charge in [-0.15, -0.1) is 0 Å². The number of Topliss-reactive ketones (excluding diaryl/α,β-unsaturated/α-hetero) is 1. The largest absolute Gasteiger partial charge is 0.472 e. The van der Waals surface area contributed by atoms with Crippen LogP contribution in [0, 0.1) is 13.8 Å². The van der Waals surface area contributed by atoms with Crippen LogP contribution in [0.5, 0.6) is 0 Å². The van der Waals surface area contributed by atoms with Crippen LogP contribution in [-0.4, -0.2) is 10.8 Å². The molecule has 0 atom stereocenters. The minimum absolute atomic E-state index is 0.0268. The molecule has 0 aliphatic rings. The normalized spacial score (nSPS) is 10.4. The Hall–Kier alpha value is -1.90. The lowest BCUT2D eigenvalue weighted by Crippen LogP contribution is -2.07. The molecule has 0 N–H and O–H groups in total. The lowest BCUT2D eigenvalue weighted by atomic mass is 10.1. The van der Waals surface area contributed by atoms with E-state index in [2.05, 4.69) is 4.98 Å². The van der Waals surface area contributed by atoms with Gasteiger partial charge in [-0.1, -0.05) is 6.07 Å². The van der Waals surface area contributed by atoms with Crippen LogP contribution in [-0.2, 0) is 6.42 Å². The molecule has 2 aromatic heterocycles. The van der Waals surface area contributed by atoms with Crippen molar-refractivity contribution in [2.75, 3.05) is 0 Å². The van der Waals surface area contributed by atoms with Crippen molar-refractivity contribution in [2.45, 2.75) is 20.3 Å². The van der Waals surface area contributed by atoms with Gasteiger partial charge in [-0.2, -0.15) is 0 Å². The Bertz CT molecular complexity index is 501. The smallest absolute Gasteiger partial charge is 0.185 e. The van der Waals surface area contributed by atoms with E-state index in [1.54, 1.807) is 24.8 Å². The second kappa shape index (κ2) is 4.31. The van der Waals surface area contributed by atoms with Gasteiger partial charge in [-0.3, -0.25) is 9.78 Å². The molecule has 0 saturated carbocycles. The minimum Gasteiger partial charge on any atom is -0.472 e. The third-order valence-corrected chi connectivity index (χ3v) is 2.42. The van der Waals surface area contributed by atoms with Gasteiger partial charge in [-0.05, 0) is 36.6 Å². The summed E-state index contributed by atoms with van der Waals surface area (Å²) in [5, 5.41) is 0. The summed E-state index contributed by atoms with van der Waals surface area (Å²) in [4.78, 5) is 16.1. The Morgan fingerprint density at radius 3 is 2.88 bits per heavy atom. The summed E-state index contributed by atoms with van der Waals surface area (Å²) in [5.74, 6) is 0.0268. The minimum atomic E-state index is 0.0268. The standard InChI is InChI=1S/C13H13NO2/c1-9-5-10(2)13(14-7-9)12(15)6-11-3-4-16-8-11/h3-5,7-8H,6H2,1-2H3. The first-order valence-corrected chi connectivity index (χ1v) is 5.14. The molecule has 0 spiro atoms. The zero-order valence-corrected chi connectivity index (χ0v) is 9.36. The first-order valence-electron chi connectivity index (χ1n) is 5.14. The zero-order valence-electron chi connectivity index (χ0n) is 9.36. The maximum Gasteiger partial charge on any atom is 0.185 e. The molecule has 3 heteroatoms. The van der Waals surface area contributed by atoms with Crippen LogP contribution in [0.15, 0.2) is 35.3 Å². The molecule has 0 radical (unpaired) electrons. The number of nitrogens with zero attached hydrogens (tertiary/aromatic N) is 1. The van der Waals surface area contributed by atoms with Gasteiger partial charge in [0, 0.05) is 12.6 Å². The van der Waals surface area contributed by atoms with Crippen LogP contribution in [0.25, 0.3) is 0 Å². The summed E-state index contributed by atoms with van der Waals surface area (Å²) < 4.78 is 4.93. The van der Waals surface area contributed by atoms with E-state index in [1.807, 2.05) is 19.9 Å². The molecule has 0 aromatic carbocycles. The van der Waals surface area contributed by atoms with E-state index in [0.717, 1.165) is 16.7 Å². The van der Waals surface area contributed by atoms with E-state index < -0.39 is 0 Å². The highest BCUT2D eigenvalue weighted by Gasteiger charge is 2.12. The summed E-state index contributed by atoms with van der Waals surface area (Å²) in [6.45, 7) is 3.87. The molecule has 16 heavy (non-hydrogen) atoms. The number of carbonyl (C=O) groups excluding carboxylic acids is 1. The van der Waals surface area contributed by atoms with Gasteiger partial charge < -0.3 is 4.42 Å². The average Bonchev–Trinajstić information content (AvgIpc) is 2.70. The van der Waals surface area contributed by atoms with Crippen LogP contribution < -0.4 is 0 Å². The number of pyridine rings is 1. The Balaban J connectivity index is 2.21. The Morgan fingerprint density at radius 2 is 2.25 bits per heavy atom. The molecular weight excluding hydrogens is 202 g/mol. The van der Waals surface area contributed by atoms with E-state index in [-0.39, 0.29) is 5.78 Å². The van der Waals surface area contributed by atoms with Crippen molar-refractivity contribution in [3.05, 3.63) is 53.2 Å². The Morgan fingerprint density at radius 1 is 1.44 bits per heavy atom. The van der Waals surface area contributed by atoms with Crippen molar-refractivity contribution in [1.29, 1.82) is 0 Å². The molecule has 82 valence electrons. The van der Waals surface area contributed by atoms with Gasteiger partial charge in [0.15, 0.2) is 5.78 Å². The average molecular weight is 215 g/mol. The molecule has 0 amide bonds. The Kier molecular flexibility index (Phi) is 2.86. The lowest BCUT2D eigenvalue weighted by Gasteiger charge is -2.03. The second-order valence-electron chi connectivity index (χ2n) is 3.91. The maximum absolute atomic E-state index is 11.9. The number of hydrogen-bond donors (Lipinski definition) is 0. The number of furan rings is 1. The summed E-state index contributed by atoms with van der Waals surface area (Å²) in [5.41, 5.74) is 3.42. The SMILES string of the molecule is Cc1cnc(C(=O)Cc2ccoc2)c(C)c1. The monoisotopic (exact) mass is 215 g/mol. The fourth-order valence-corrected chi connectivity index (χ4v) is 1.67. The van der Waals surface area contributed by atoms with Crippen LogP contribution in [0.2, 0.25) is 0 Å². The topological polar surface area (TPSA) is 43.1 Å². The predicted octanol–water partition coefficient (Wildman–Crippen LogP) is 2.72. The number of aromatic nitrogens is 1. The van der Waals surface area contributed by atoms with Gasteiger partial charge >= 0.3 is 0 Å². The molecule has 0 fully saturated rings. The fraction of sp³-hybridized carbons (Fsp3) is 0.231.